The summed E-state index contributed by atoms with van der Waals surface area (Å²) in [6.07, 6.45) is 2.04. The molecule has 0 saturated carbocycles. The number of halogens is 1. The maximum Gasteiger partial charge on any atom is 0.245 e. The van der Waals surface area contributed by atoms with Crippen molar-refractivity contribution in [1.82, 2.24) is 9.62 Å². The summed E-state index contributed by atoms with van der Waals surface area (Å²) in [7, 11) is -1.55. The first-order valence-electron chi connectivity index (χ1n) is 6.81. The van der Waals surface area contributed by atoms with Gasteiger partial charge < -0.3 is 5.32 Å². The van der Waals surface area contributed by atoms with Crippen LogP contribution in [0, 0.1) is 5.92 Å². The Morgan fingerprint density at radius 2 is 2.15 bits per heavy atom. The predicted octanol–water partition coefficient (Wildman–Crippen LogP) is 3.04. The number of nitrogens with one attached hydrogen (secondary N) is 1. The summed E-state index contributed by atoms with van der Waals surface area (Å²) in [5, 5.41) is 3.05. The third kappa shape index (κ3) is 3.27. The molecule has 0 bridgehead atoms. The van der Waals surface area contributed by atoms with Crippen molar-refractivity contribution in [1.29, 1.82) is 0 Å². The van der Waals surface area contributed by atoms with Gasteiger partial charge in [0.15, 0.2) is 0 Å². The molecule has 1 aliphatic rings. The maximum absolute atomic E-state index is 12.9. The van der Waals surface area contributed by atoms with Gasteiger partial charge in [-0.15, -0.1) is 11.3 Å². The molecule has 2 rings (SSSR count). The van der Waals surface area contributed by atoms with Gasteiger partial charge in [-0.1, -0.05) is 6.92 Å². The van der Waals surface area contributed by atoms with E-state index in [1.807, 2.05) is 14.0 Å². The SMILES string of the molecule is CNCc1cc(S(=O)(=O)N2CC(C)CCC2C)c(Br)s1. The molecule has 2 heterocycles. The molecule has 1 aromatic heterocycles. The van der Waals surface area contributed by atoms with Gasteiger partial charge in [-0.05, 0) is 54.7 Å². The van der Waals surface area contributed by atoms with Crippen LogP contribution in [0.25, 0.3) is 0 Å². The largest absolute Gasteiger partial charge is 0.315 e. The van der Waals surface area contributed by atoms with Crippen molar-refractivity contribution in [2.75, 3.05) is 13.6 Å². The normalized spacial score (nSPS) is 25.0. The number of nitrogens with zero attached hydrogens (tertiary/aromatic N) is 1. The predicted molar refractivity (Wildman–Crippen MR) is 86.5 cm³/mol. The van der Waals surface area contributed by atoms with E-state index in [4.69, 9.17) is 0 Å². The molecule has 0 aliphatic carbocycles. The zero-order valence-electron chi connectivity index (χ0n) is 12.0. The summed E-state index contributed by atoms with van der Waals surface area (Å²) in [5.74, 6) is 0.426. The third-order valence-corrected chi connectivity index (χ3v) is 7.94. The highest BCUT2D eigenvalue weighted by molar-refractivity contribution is 9.11. The van der Waals surface area contributed by atoms with E-state index in [0.717, 1.165) is 17.7 Å². The molecule has 1 aliphatic heterocycles. The number of hydrogen-bond acceptors (Lipinski definition) is 4. The monoisotopic (exact) mass is 380 g/mol. The second-order valence-electron chi connectivity index (χ2n) is 5.49. The van der Waals surface area contributed by atoms with E-state index < -0.39 is 10.0 Å². The molecule has 114 valence electrons. The van der Waals surface area contributed by atoms with Crippen LogP contribution in [0.5, 0.6) is 0 Å². The Morgan fingerprint density at radius 3 is 2.80 bits per heavy atom. The second-order valence-corrected chi connectivity index (χ2v) is 9.80. The zero-order chi connectivity index (χ0) is 14.9. The van der Waals surface area contributed by atoms with E-state index in [9.17, 15) is 8.42 Å². The van der Waals surface area contributed by atoms with Gasteiger partial charge in [0.1, 0.15) is 4.90 Å². The molecule has 7 heteroatoms. The van der Waals surface area contributed by atoms with Crippen LogP contribution >= 0.6 is 27.3 Å². The van der Waals surface area contributed by atoms with Gasteiger partial charge in [-0.3, -0.25) is 0 Å². The number of sulfonamides is 1. The molecule has 0 spiro atoms. The van der Waals surface area contributed by atoms with Gasteiger partial charge in [-0.2, -0.15) is 4.31 Å². The standard InChI is InChI=1S/C13H21BrN2O2S2/c1-9-4-5-10(2)16(8-9)20(17,18)12-6-11(7-15-3)19-13(12)14/h6,9-10,15H,4-5,7-8H2,1-3H3. The Labute approximate surface area is 133 Å². The lowest BCUT2D eigenvalue weighted by molar-refractivity contribution is 0.218. The average Bonchev–Trinajstić information content (AvgIpc) is 2.74. The molecule has 1 saturated heterocycles. The Hall–Kier alpha value is 0.0500. The van der Waals surface area contributed by atoms with E-state index in [2.05, 4.69) is 28.2 Å². The topological polar surface area (TPSA) is 49.4 Å². The van der Waals surface area contributed by atoms with Crippen LogP contribution < -0.4 is 5.32 Å². The second kappa shape index (κ2) is 6.44. The first-order valence-corrected chi connectivity index (χ1v) is 9.86. The fraction of sp³-hybridized carbons (Fsp3) is 0.692. The molecular weight excluding hydrogens is 360 g/mol. The van der Waals surface area contributed by atoms with E-state index in [1.54, 1.807) is 10.4 Å². The molecule has 0 amide bonds. The minimum atomic E-state index is -3.40. The minimum absolute atomic E-state index is 0.0794. The van der Waals surface area contributed by atoms with Crippen molar-refractivity contribution in [3.8, 4) is 0 Å². The van der Waals surface area contributed by atoms with Gasteiger partial charge in [0.25, 0.3) is 0 Å². The van der Waals surface area contributed by atoms with Crippen molar-refractivity contribution < 1.29 is 8.42 Å². The molecule has 1 N–H and O–H groups in total. The molecule has 0 radical (unpaired) electrons. The number of hydrogen-bond donors (Lipinski definition) is 1. The number of thiophene rings is 1. The Balaban J connectivity index is 2.34. The molecular formula is C13H21BrN2O2S2. The van der Waals surface area contributed by atoms with Gasteiger partial charge in [0, 0.05) is 24.0 Å². The van der Waals surface area contributed by atoms with E-state index in [0.29, 0.717) is 27.7 Å². The minimum Gasteiger partial charge on any atom is -0.315 e. The van der Waals surface area contributed by atoms with Gasteiger partial charge in [-0.25, -0.2) is 8.42 Å². The molecule has 2 unspecified atom stereocenters. The highest BCUT2D eigenvalue weighted by atomic mass is 79.9. The summed E-state index contributed by atoms with van der Waals surface area (Å²) in [5.41, 5.74) is 0. The molecule has 4 nitrogen and oxygen atoms in total. The number of piperidine rings is 1. The lowest BCUT2D eigenvalue weighted by Crippen LogP contribution is -2.44. The molecule has 0 aromatic carbocycles. The summed E-state index contributed by atoms with van der Waals surface area (Å²) in [4.78, 5) is 1.43. The molecule has 2 atom stereocenters. The Morgan fingerprint density at radius 1 is 1.45 bits per heavy atom. The van der Waals surface area contributed by atoms with Crippen molar-refractivity contribution >= 4 is 37.3 Å². The first kappa shape index (κ1) is 16.4. The van der Waals surface area contributed by atoms with Crippen molar-refractivity contribution in [2.45, 2.75) is 44.2 Å². The third-order valence-electron chi connectivity index (χ3n) is 3.70. The Kier molecular flexibility index (Phi) is 5.29. The highest BCUT2D eigenvalue weighted by Gasteiger charge is 2.35. The van der Waals surface area contributed by atoms with E-state index in [-0.39, 0.29) is 6.04 Å². The van der Waals surface area contributed by atoms with E-state index in [1.165, 1.54) is 11.3 Å². The summed E-state index contributed by atoms with van der Waals surface area (Å²) < 4.78 is 28.1. The smallest absolute Gasteiger partial charge is 0.245 e. The first-order chi connectivity index (χ1) is 9.36. The summed E-state index contributed by atoms with van der Waals surface area (Å²) in [6, 6.07) is 1.86. The number of rotatable bonds is 4. The van der Waals surface area contributed by atoms with Crippen LogP contribution in [0.2, 0.25) is 0 Å². The van der Waals surface area contributed by atoms with Crippen LogP contribution in [0.3, 0.4) is 0 Å². The fourth-order valence-electron chi connectivity index (χ4n) is 2.54. The molecule has 20 heavy (non-hydrogen) atoms. The van der Waals surface area contributed by atoms with Crippen LogP contribution in [-0.2, 0) is 16.6 Å². The van der Waals surface area contributed by atoms with Gasteiger partial charge >= 0.3 is 0 Å². The van der Waals surface area contributed by atoms with Crippen LogP contribution in [-0.4, -0.2) is 32.4 Å². The summed E-state index contributed by atoms with van der Waals surface area (Å²) >= 11 is 4.89. The molecule has 1 aromatic rings. The van der Waals surface area contributed by atoms with Crippen molar-refractivity contribution in [3.05, 3.63) is 14.7 Å². The Bertz CT molecular complexity index is 571. The van der Waals surface area contributed by atoms with Crippen LogP contribution in [0.15, 0.2) is 14.7 Å². The lowest BCUT2D eigenvalue weighted by atomic mass is 9.97. The fourth-order valence-corrected chi connectivity index (χ4v) is 6.97. The van der Waals surface area contributed by atoms with Gasteiger partial charge in [0.2, 0.25) is 10.0 Å². The highest BCUT2D eigenvalue weighted by Crippen LogP contribution is 2.36. The van der Waals surface area contributed by atoms with Crippen LogP contribution in [0.1, 0.15) is 31.6 Å². The lowest BCUT2D eigenvalue weighted by Gasteiger charge is -2.35. The van der Waals surface area contributed by atoms with Gasteiger partial charge in [0.05, 0.1) is 3.79 Å². The zero-order valence-corrected chi connectivity index (χ0v) is 15.2. The van der Waals surface area contributed by atoms with Crippen molar-refractivity contribution in [2.24, 2.45) is 5.92 Å². The molecule has 1 fully saturated rings. The maximum atomic E-state index is 12.9. The van der Waals surface area contributed by atoms with Crippen LogP contribution in [0.4, 0.5) is 0 Å². The average molecular weight is 381 g/mol. The van der Waals surface area contributed by atoms with E-state index >= 15 is 0 Å². The van der Waals surface area contributed by atoms with Crippen molar-refractivity contribution in [3.63, 3.8) is 0 Å². The quantitative estimate of drug-likeness (QED) is 0.872. The summed E-state index contributed by atoms with van der Waals surface area (Å²) in [6.45, 7) is 5.42.